The summed E-state index contributed by atoms with van der Waals surface area (Å²) in [6, 6.07) is 9.68. The smallest absolute Gasteiger partial charge is 0.230 e. The molecule has 1 heterocycles. The second-order valence-electron chi connectivity index (χ2n) is 7.26. The highest BCUT2D eigenvalue weighted by atomic mass is 32.2. The van der Waals surface area contributed by atoms with Crippen molar-refractivity contribution < 1.29 is 23.9 Å². The number of nitrogens with zero attached hydrogens (tertiary/aromatic N) is 1. The number of Topliss-reactive ketones (excluding diaryl/α,β-unsaturated/α-hetero) is 2. The van der Waals surface area contributed by atoms with Crippen molar-refractivity contribution in [1.29, 1.82) is 0 Å². The fraction of sp³-hybridized carbons (Fsp3) is 0.435. The van der Waals surface area contributed by atoms with E-state index in [0.717, 1.165) is 36.4 Å². The molecule has 30 heavy (non-hydrogen) atoms. The van der Waals surface area contributed by atoms with Crippen LogP contribution in [0.1, 0.15) is 25.3 Å². The molecule has 0 spiro atoms. The molecule has 0 aromatic heterocycles. The number of aldehydes is 1. The number of methoxy groups -OCH3 is 2. The van der Waals surface area contributed by atoms with Crippen LogP contribution in [0.15, 0.2) is 53.0 Å². The number of rotatable bonds is 8. The van der Waals surface area contributed by atoms with Crippen molar-refractivity contribution in [3.05, 3.63) is 58.6 Å². The number of hydrogen-bond donors (Lipinski definition) is 0. The minimum absolute atomic E-state index is 0.0738. The van der Waals surface area contributed by atoms with Gasteiger partial charge in [0.2, 0.25) is 23.1 Å². The molecular weight excluding hydrogens is 402 g/mol. The van der Waals surface area contributed by atoms with Gasteiger partial charge in [0.05, 0.1) is 19.8 Å². The Bertz CT molecular complexity index is 886. The van der Waals surface area contributed by atoms with Crippen LogP contribution in [-0.2, 0) is 29.4 Å². The van der Waals surface area contributed by atoms with E-state index in [1.54, 1.807) is 6.92 Å². The van der Waals surface area contributed by atoms with Crippen molar-refractivity contribution in [2.75, 3.05) is 38.8 Å². The molecule has 0 N–H and O–H groups in total. The van der Waals surface area contributed by atoms with Gasteiger partial charge in [-0.3, -0.25) is 14.5 Å². The van der Waals surface area contributed by atoms with Crippen LogP contribution in [0.25, 0.3) is 0 Å². The maximum atomic E-state index is 13.7. The average Bonchev–Trinajstić information content (AvgIpc) is 2.79. The summed E-state index contributed by atoms with van der Waals surface area (Å²) in [5.74, 6) is 0.957. The Hall–Kier alpha value is -2.38. The van der Waals surface area contributed by atoms with Crippen molar-refractivity contribution in [2.45, 2.75) is 25.3 Å². The molecule has 2 aliphatic rings. The Labute approximate surface area is 181 Å². The van der Waals surface area contributed by atoms with Gasteiger partial charge in [-0.2, -0.15) is 11.8 Å². The van der Waals surface area contributed by atoms with E-state index in [1.165, 1.54) is 14.2 Å². The van der Waals surface area contributed by atoms with E-state index >= 15 is 0 Å². The van der Waals surface area contributed by atoms with Gasteiger partial charge < -0.3 is 14.3 Å². The van der Waals surface area contributed by atoms with Crippen LogP contribution >= 0.6 is 11.8 Å². The molecule has 1 atom stereocenters. The number of thioether (sulfide) groups is 1. The number of carbonyl (C=O) groups excluding carboxylic acids is 3. The summed E-state index contributed by atoms with van der Waals surface area (Å²) < 4.78 is 10.6. The zero-order valence-corrected chi connectivity index (χ0v) is 18.4. The van der Waals surface area contributed by atoms with Crippen LogP contribution < -0.4 is 0 Å². The van der Waals surface area contributed by atoms with Crippen molar-refractivity contribution >= 4 is 29.6 Å². The SMILES string of the molecule is COC1=C(OC)C(=O)C(C(CCC=O)(c2ccccc2)N2CCSCC2)=C(C)C1=O. The second-order valence-corrected chi connectivity index (χ2v) is 8.48. The van der Waals surface area contributed by atoms with Gasteiger partial charge >= 0.3 is 0 Å². The van der Waals surface area contributed by atoms with Gasteiger partial charge in [0.1, 0.15) is 6.29 Å². The van der Waals surface area contributed by atoms with E-state index < -0.39 is 5.54 Å². The number of benzene rings is 1. The van der Waals surface area contributed by atoms with Gasteiger partial charge in [-0.15, -0.1) is 0 Å². The molecule has 0 radical (unpaired) electrons. The summed E-state index contributed by atoms with van der Waals surface area (Å²) in [6.07, 6.45) is 1.53. The van der Waals surface area contributed by atoms with Crippen LogP contribution in [0, 0.1) is 0 Å². The average molecular weight is 430 g/mol. The first-order chi connectivity index (χ1) is 14.5. The predicted octanol–water partition coefficient (Wildman–Crippen LogP) is 2.88. The minimum Gasteiger partial charge on any atom is -0.489 e. The maximum Gasteiger partial charge on any atom is 0.230 e. The first kappa shape index (κ1) is 22.3. The lowest BCUT2D eigenvalue weighted by atomic mass is 9.71. The summed E-state index contributed by atoms with van der Waals surface area (Å²) in [6.45, 7) is 3.16. The van der Waals surface area contributed by atoms with Gasteiger partial charge in [0, 0.05) is 42.2 Å². The molecular formula is C23H27NO5S. The molecule has 1 fully saturated rings. The molecule has 0 amide bonds. The molecule has 7 heteroatoms. The third-order valence-electron chi connectivity index (χ3n) is 5.81. The van der Waals surface area contributed by atoms with Crippen LogP contribution in [0.4, 0.5) is 0 Å². The monoisotopic (exact) mass is 429 g/mol. The van der Waals surface area contributed by atoms with Gasteiger partial charge in [-0.25, -0.2) is 0 Å². The number of hydrogen-bond acceptors (Lipinski definition) is 7. The molecule has 3 rings (SSSR count). The second kappa shape index (κ2) is 9.62. The summed E-state index contributed by atoms with van der Waals surface area (Å²) in [7, 11) is 2.72. The molecule has 160 valence electrons. The summed E-state index contributed by atoms with van der Waals surface area (Å²) in [5.41, 5.74) is 0.713. The van der Waals surface area contributed by atoms with Gasteiger partial charge in [-0.1, -0.05) is 30.3 Å². The molecule has 6 nitrogen and oxygen atoms in total. The van der Waals surface area contributed by atoms with Crippen molar-refractivity contribution in [3.8, 4) is 0 Å². The van der Waals surface area contributed by atoms with E-state index in [1.807, 2.05) is 42.1 Å². The normalized spacial score (nSPS) is 20.2. The Morgan fingerprint density at radius 2 is 1.63 bits per heavy atom. The molecule has 0 saturated carbocycles. The summed E-state index contributed by atoms with van der Waals surface area (Å²) in [4.78, 5) is 40.6. The van der Waals surface area contributed by atoms with Crippen LogP contribution in [0.3, 0.4) is 0 Å². The molecule has 1 aromatic carbocycles. The highest BCUT2D eigenvalue weighted by Crippen LogP contribution is 2.46. The van der Waals surface area contributed by atoms with Crippen molar-refractivity contribution in [2.24, 2.45) is 0 Å². The molecule has 1 unspecified atom stereocenters. The molecule has 1 saturated heterocycles. The first-order valence-electron chi connectivity index (χ1n) is 9.97. The molecule has 1 aliphatic carbocycles. The van der Waals surface area contributed by atoms with Gasteiger partial charge in [0.25, 0.3) is 0 Å². The standard InChI is InChI=1S/C23H27NO5S/c1-16-18(20(27)22(29-3)21(28-2)19(16)26)23(10-7-13-25,17-8-5-4-6-9-17)24-11-14-30-15-12-24/h4-6,8-9,13H,7,10-12,14-15H2,1-3H3. The highest BCUT2D eigenvalue weighted by Gasteiger charge is 2.50. The van der Waals surface area contributed by atoms with E-state index in [0.29, 0.717) is 17.6 Å². The largest absolute Gasteiger partial charge is 0.489 e. The predicted molar refractivity (Wildman–Crippen MR) is 116 cm³/mol. The fourth-order valence-corrected chi connectivity index (χ4v) is 5.39. The van der Waals surface area contributed by atoms with Gasteiger partial charge in [0.15, 0.2) is 0 Å². The zero-order chi connectivity index (χ0) is 21.7. The Balaban J connectivity index is 2.30. The van der Waals surface area contributed by atoms with Crippen LogP contribution in [0.2, 0.25) is 0 Å². The summed E-state index contributed by atoms with van der Waals surface area (Å²) >= 11 is 1.86. The van der Waals surface area contributed by atoms with E-state index in [-0.39, 0.29) is 29.5 Å². The van der Waals surface area contributed by atoms with Crippen LogP contribution in [-0.4, -0.2) is 61.6 Å². The van der Waals surface area contributed by atoms with E-state index in [4.69, 9.17) is 9.47 Å². The lowest BCUT2D eigenvalue weighted by Crippen LogP contribution is -2.54. The quantitative estimate of drug-likeness (QED) is 0.465. The lowest BCUT2D eigenvalue weighted by Gasteiger charge is -2.48. The topological polar surface area (TPSA) is 72.9 Å². The Kier molecular flexibility index (Phi) is 7.15. The zero-order valence-electron chi connectivity index (χ0n) is 17.6. The number of carbonyl (C=O) groups is 3. The van der Waals surface area contributed by atoms with Crippen LogP contribution in [0.5, 0.6) is 0 Å². The summed E-state index contributed by atoms with van der Waals surface area (Å²) in [5, 5.41) is 0. The van der Waals surface area contributed by atoms with E-state index in [2.05, 4.69) is 4.90 Å². The van der Waals surface area contributed by atoms with Crippen molar-refractivity contribution in [3.63, 3.8) is 0 Å². The molecule has 1 aromatic rings. The fourth-order valence-electron chi connectivity index (χ4n) is 4.48. The minimum atomic E-state index is -0.900. The maximum absolute atomic E-state index is 13.7. The Morgan fingerprint density at radius 1 is 1.03 bits per heavy atom. The molecule has 1 aliphatic heterocycles. The molecule has 0 bridgehead atoms. The third-order valence-corrected chi connectivity index (χ3v) is 6.75. The lowest BCUT2D eigenvalue weighted by molar-refractivity contribution is -0.122. The third kappa shape index (κ3) is 3.72. The van der Waals surface area contributed by atoms with Gasteiger partial charge in [-0.05, 0) is 18.9 Å². The number of ketones is 2. The number of ether oxygens (including phenoxy) is 2. The van der Waals surface area contributed by atoms with E-state index in [9.17, 15) is 14.4 Å². The first-order valence-corrected chi connectivity index (χ1v) is 11.1. The number of allylic oxidation sites excluding steroid dienone is 2. The Morgan fingerprint density at radius 3 is 2.20 bits per heavy atom. The van der Waals surface area contributed by atoms with Crippen molar-refractivity contribution in [1.82, 2.24) is 4.90 Å². The highest BCUT2D eigenvalue weighted by molar-refractivity contribution is 7.99.